The number of hydrogen-bond donors (Lipinski definition) is 3. The molecule has 0 radical (unpaired) electrons. The summed E-state index contributed by atoms with van der Waals surface area (Å²) >= 11 is 0. The molecule has 1 aliphatic heterocycles. The average molecular weight is 259 g/mol. The van der Waals surface area contributed by atoms with E-state index in [0.29, 0.717) is 11.9 Å². The normalized spacial score (nSPS) is 15.9. The number of para-hydroxylation sites is 1. The second-order valence-corrected chi connectivity index (χ2v) is 4.82. The molecule has 0 atom stereocenters. The van der Waals surface area contributed by atoms with Crippen molar-refractivity contribution in [1.82, 2.24) is 15.2 Å². The number of fused-ring (bicyclic) bond motifs is 1. The zero-order valence-electron chi connectivity index (χ0n) is 10.6. The summed E-state index contributed by atoms with van der Waals surface area (Å²) in [6.45, 7) is 3.26. The minimum absolute atomic E-state index is 0.144. The van der Waals surface area contributed by atoms with E-state index in [-0.39, 0.29) is 11.7 Å². The molecule has 0 spiro atoms. The number of nitrogens with one attached hydrogen (secondary N) is 2. The number of benzene rings is 1. The van der Waals surface area contributed by atoms with Gasteiger partial charge in [0.1, 0.15) is 5.75 Å². The lowest BCUT2D eigenvalue weighted by Gasteiger charge is -2.27. The Morgan fingerprint density at radius 2 is 2.11 bits per heavy atom. The summed E-state index contributed by atoms with van der Waals surface area (Å²) in [5, 5.41) is 13.9. The van der Waals surface area contributed by atoms with E-state index in [1.807, 2.05) is 17.2 Å². The van der Waals surface area contributed by atoms with E-state index in [9.17, 15) is 9.90 Å². The van der Waals surface area contributed by atoms with Crippen LogP contribution in [0.5, 0.6) is 5.75 Å². The van der Waals surface area contributed by atoms with Crippen LogP contribution in [0.1, 0.15) is 5.56 Å². The van der Waals surface area contributed by atoms with Gasteiger partial charge in [-0.15, -0.1) is 0 Å². The summed E-state index contributed by atoms with van der Waals surface area (Å²) in [7, 11) is 0. The van der Waals surface area contributed by atoms with Crippen LogP contribution in [-0.2, 0) is 11.2 Å². The molecule has 1 saturated heterocycles. The Morgan fingerprint density at radius 3 is 2.89 bits per heavy atom. The number of aromatic nitrogens is 1. The maximum Gasteiger partial charge on any atom is 0.227 e. The average Bonchev–Trinajstić information content (AvgIpc) is 2.84. The van der Waals surface area contributed by atoms with Crippen molar-refractivity contribution in [2.24, 2.45) is 0 Å². The number of amides is 1. The second-order valence-electron chi connectivity index (χ2n) is 4.82. The third-order valence-electron chi connectivity index (χ3n) is 3.59. The number of carbonyl (C=O) groups excluding carboxylic acids is 1. The Labute approximate surface area is 111 Å². The molecule has 1 aromatic carbocycles. The van der Waals surface area contributed by atoms with Gasteiger partial charge in [-0.3, -0.25) is 4.79 Å². The van der Waals surface area contributed by atoms with Crippen molar-refractivity contribution in [2.45, 2.75) is 6.42 Å². The fraction of sp³-hybridized carbons (Fsp3) is 0.357. The SMILES string of the molecule is O=C(Cc1c[nH]c2c(O)cccc12)N1CCNCC1. The summed E-state index contributed by atoms with van der Waals surface area (Å²) < 4.78 is 0. The van der Waals surface area contributed by atoms with E-state index < -0.39 is 0 Å². The highest BCUT2D eigenvalue weighted by molar-refractivity contribution is 5.91. The predicted molar refractivity (Wildman–Crippen MR) is 73.1 cm³/mol. The van der Waals surface area contributed by atoms with E-state index in [0.717, 1.165) is 37.1 Å². The van der Waals surface area contributed by atoms with E-state index in [1.165, 1.54) is 0 Å². The number of piperazine rings is 1. The third-order valence-corrected chi connectivity index (χ3v) is 3.59. The highest BCUT2D eigenvalue weighted by Gasteiger charge is 2.18. The summed E-state index contributed by atoms with van der Waals surface area (Å²) in [6.07, 6.45) is 2.19. The van der Waals surface area contributed by atoms with Crippen LogP contribution in [0.4, 0.5) is 0 Å². The van der Waals surface area contributed by atoms with E-state index in [4.69, 9.17) is 0 Å². The van der Waals surface area contributed by atoms with Gasteiger partial charge < -0.3 is 20.3 Å². The molecule has 3 rings (SSSR count). The zero-order valence-corrected chi connectivity index (χ0v) is 10.6. The largest absolute Gasteiger partial charge is 0.506 e. The first kappa shape index (κ1) is 12.0. The molecule has 0 aliphatic carbocycles. The Kier molecular flexibility index (Phi) is 3.13. The third kappa shape index (κ3) is 2.29. The summed E-state index contributed by atoms with van der Waals surface area (Å²) in [4.78, 5) is 17.1. The molecule has 5 heteroatoms. The molecule has 0 bridgehead atoms. The Bertz CT molecular complexity index is 600. The van der Waals surface area contributed by atoms with Gasteiger partial charge in [0.2, 0.25) is 5.91 Å². The van der Waals surface area contributed by atoms with Crippen LogP contribution in [0.2, 0.25) is 0 Å². The predicted octanol–water partition coefficient (Wildman–Crippen LogP) is 0.848. The smallest absolute Gasteiger partial charge is 0.227 e. The minimum atomic E-state index is 0.144. The molecule has 1 aliphatic rings. The number of carbonyl (C=O) groups is 1. The molecule has 5 nitrogen and oxygen atoms in total. The first-order valence-corrected chi connectivity index (χ1v) is 6.52. The number of nitrogens with zero attached hydrogens (tertiary/aromatic N) is 1. The minimum Gasteiger partial charge on any atom is -0.506 e. The van der Waals surface area contributed by atoms with Crippen molar-refractivity contribution in [2.75, 3.05) is 26.2 Å². The molecular weight excluding hydrogens is 242 g/mol. The highest BCUT2D eigenvalue weighted by Crippen LogP contribution is 2.26. The quantitative estimate of drug-likeness (QED) is 0.749. The van der Waals surface area contributed by atoms with Gasteiger partial charge in [-0.2, -0.15) is 0 Å². The van der Waals surface area contributed by atoms with E-state index >= 15 is 0 Å². The summed E-state index contributed by atoms with van der Waals surface area (Å²) in [6, 6.07) is 5.36. The molecule has 1 aromatic heterocycles. The van der Waals surface area contributed by atoms with Crippen molar-refractivity contribution in [1.29, 1.82) is 0 Å². The van der Waals surface area contributed by atoms with Crippen molar-refractivity contribution in [3.8, 4) is 5.75 Å². The van der Waals surface area contributed by atoms with E-state index in [1.54, 1.807) is 12.1 Å². The summed E-state index contributed by atoms with van der Waals surface area (Å²) in [5.74, 6) is 0.365. The Morgan fingerprint density at radius 1 is 1.32 bits per heavy atom. The van der Waals surface area contributed by atoms with Crippen LogP contribution in [-0.4, -0.2) is 47.1 Å². The monoisotopic (exact) mass is 259 g/mol. The lowest BCUT2D eigenvalue weighted by molar-refractivity contribution is -0.131. The van der Waals surface area contributed by atoms with Gasteiger partial charge in [-0.25, -0.2) is 0 Å². The van der Waals surface area contributed by atoms with Crippen molar-refractivity contribution in [3.05, 3.63) is 30.0 Å². The first-order valence-electron chi connectivity index (χ1n) is 6.52. The topological polar surface area (TPSA) is 68.4 Å². The van der Waals surface area contributed by atoms with Crippen LogP contribution < -0.4 is 5.32 Å². The van der Waals surface area contributed by atoms with Crippen molar-refractivity contribution < 1.29 is 9.90 Å². The number of aromatic amines is 1. The van der Waals surface area contributed by atoms with Crippen LogP contribution in [0.3, 0.4) is 0 Å². The number of phenolic OH excluding ortho intramolecular Hbond substituents is 1. The van der Waals surface area contributed by atoms with Gasteiger partial charge in [0.15, 0.2) is 0 Å². The number of phenols is 1. The van der Waals surface area contributed by atoms with E-state index in [2.05, 4.69) is 10.3 Å². The molecule has 1 amide bonds. The molecule has 19 heavy (non-hydrogen) atoms. The lowest BCUT2D eigenvalue weighted by atomic mass is 10.1. The maximum absolute atomic E-state index is 12.2. The van der Waals surface area contributed by atoms with Crippen LogP contribution >= 0.6 is 0 Å². The van der Waals surface area contributed by atoms with Crippen molar-refractivity contribution in [3.63, 3.8) is 0 Å². The van der Waals surface area contributed by atoms with Gasteiger partial charge >= 0.3 is 0 Å². The highest BCUT2D eigenvalue weighted by atomic mass is 16.3. The number of H-pyrrole nitrogens is 1. The molecule has 2 aromatic rings. The zero-order chi connectivity index (χ0) is 13.2. The molecule has 100 valence electrons. The summed E-state index contributed by atoms with van der Waals surface area (Å²) in [5.41, 5.74) is 1.64. The fourth-order valence-electron chi connectivity index (χ4n) is 2.53. The first-order chi connectivity index (χ1) is 9.25. The van der Waals surface area contributed by atoms with Crippen LogP contribution in [0.25, 0.3) is 10.9 Å². The molecule has 2 heterocycles. The van der Waals surface area contributed by atoms with Gasteiger partial charge in [0, 0.05) is 37.8 Å². The standard InChI is InChI=1S/C14H17N3O2/c18-12-3-1-2-11-10(9-16-14(11)12)8-13(19)17-6-4-15-5-7-17/h1-3,9,15-16,18H,4-8H2. The van der Waals surface area contributed by atoms with Gasteiger partial charge in [-0.05, 0) is 11.6 Å². The molecule has 0 saturated carbocycles. The number of aromatic hydroxyl groups is 1. The Balaban J connectivity index is 1.81. The Hall–Kier alpha value is -2.01. The molecular formula is C14H17N3O2. The maximum atomic E-state index is 12.2. The molecule has 1 fully saturated rings. The number of hydrogen-bond acceptors (Lipinski definition) is 3. The second kappa shape index (κ2) is 4.93. The van der Waals surface area contributed by atoms with Crippen LogP contribution in [0.15, 0.2) is 24.4 Å². The van der Waals surface area contributed by atoms with Gasteiger partial charge in [0.25, 0.3) is 0 Å². The number of rotatable bonds is 2. The van der Waals surface area contributed by atoms with Crippen molar-refractivity contribution >= 4 is 16.8 Å². The fourth-order valence-corrected chi connectivity index (χ4v) is 2.53. The van der Waals surface area contributed by atoms with Gasteiger partial charge in [-0.1, -0.05) is 12.1 Å². The molecule has 3 N–H and O–H groups in total. The van der Waals surface area contributed by atoms with Gasteiger partial charge in [0.05, 0.1) is 11.9 Å². The van der Waals surface area contributed by atoms with Crippen LogP contribution in [0, 0.1) is 0 Å². The lowest BCUT2D eigenvalue weighted by Crippen LogP contribution is -2.46. The molecule has 0 unspecified atom stereocenters.